The Kier molecular flexibility index (Phi) is 3.29. The first-order chi connectivity index (χ1) is 10.6. The SMILES string of the molecule is O=C1C(=O)N(C2C[C@@H]3C[C@@H]3C2)CCN1Cc1ccc(Cl)nn1. The van der Waals surface area contributed by atoms with E-state index >= 15 is 0 Å². The Labute approximate surface area is 133 Å². The maximum atomic E-state index is 12.4. The molecule has 0 aromatic carbocycles. The van der Waals surface area contributed by atoms with Crippen LogP contribution >= 0.6 is 11.6 Å². The first-order valence-electron chi connectivity index (χ1n) is 7.70. The summed E-state index contributed by atoms with van der Waals surface area (Å²) in [5, 5.41) is 8.02. The molecule has 0 N–H and O–H groups in total. The molecule has 1 unspecified atom stereocenters. The molecular formula is C15H17ClN4O2. The summed E-state index contributed by atoms with van der Waals surface area (Å²) >= 11 is 5.70. The molecule has 2 amide bonds. The average molecular weight is 321 g/mol. The van der Waals surface area contributed by atoms with Gasteiger partial charge in [-0.1, -0.05) is 11.6 Å². The van der Waals surface area contributed by atoms with E-state index in [9.17, 15) is 9.59 Å². The molecule has 1 aromatic rings. The topological polar surface area (TPSA) is 66.4 Å². The first kappa shape index (κ1) is 13.9. The minimum Gasteiger partial charge on any atom is -0.330 e. The second-order valence-corrected chi connectivity index (χ2v) is 6.84. The van der Waals surface area contributed by atoms with E-state index in [2.05, 4.69) is 10.2 Å². The van der Waals surface area contributed by atoms with Gasteiger partial charge in [-0.2, -0.15) is 5.10 Å². The van der Waals surface area contributed by atoms with Gasteiger partial charge in [-0.3, -0.25) is 9.59 Å². The van der Waals surface area contributed by atoms with Crippen molar-refractivity contribution in [1.29, 1.82) is 0 Å². The van der Waals surface area contributed by atoms with Gasteiger partial charge in [0.05, 0.1) is 12.2 Å². The predicted octanol–water partition coefficient (Wildman–Crippen LogP) is 1.10. The summed E-state index contributed by atoms with van der Waals surface area (Å²) in [4.78, 5) is 28.0. The Morgan fingerprint density at radius 3 is 2.50 bits per heavy atom. The van der Waals surface area contributed by atoms with Crippen LogP contribution in [0, 0.1) is 11.8 Å². The fourth-order valence-corrected chi connectivity index (χ4v) is 3.85. The molecule has 2 saturated carbocycles. The van der Waals surface area contributed by atoms with Crippen molar-refractivity contribution >= 4 is 23.4 Å². The van der Waals surface area contributed by atoms with Gasteiger partial charge in [0.15, 0.2) is 5.15 Å². The van der Waals surface area contributed by atoms with E-state index < -0.39 is 5.91 Å². The van der Waals surface area contributed by atoms with E-state index in [1.165, 1.54) is 6.42 Å². The fraction of sp³-hybridized carbons (Fsp3) is 0.600. The highest BCUT2D eigenvalue weighted by Crippen LogP contribution is 2.53. The number of hydrogen-bond donors (Lipinski definition) is 0. The zero-order chi connectivity index (χ0) is 15.3. The minimum absolute atomic E-state index is 0.276. The maximum Gasteiger partial charge on any atom is 0.312 e. The van der Waals surface area contributed by atoms with Crippen LogP contribution in [0.5, 0.6) is 0 Å². The smallest absolute Gasteiger partial charge is 0.312 e. The van der Waals surface area contributed by atoms with Gasteiger partial charge in [-0.15, -0.1) is 5.10 Å². The first-order valence-corrected chi connectivity index (χ1v) is 8.07. The Morgan fingerprint density at radius 2 is 1.82 bits per heavy atom. The van der Waals surface area contributed by atoms with Crippen LogP contribution in [0.1, 0.15) is 25.0 Å². The molecule has 3 fully saturated rings. The number of halogens is 1. The predicted molar refractivity (Wildman–Crippen MR) is 78.8 cm³/mol. The van der Waals surface area contributed by atoms with Gasteiger partial charge in [0.2, 0.25) is 0 Å². The monoisotopic (exact) mass is 320 g/mol. The molecule has 7 heteroatoms. The molecule has 3 aliphatic rings. The lowest BCUT2D eigenvalue weighted by atomic mass is 10.1. The Bertz CT molecular complexity index is 610. The highest BCUT2D eigenvalue weighted by atomic mass is 35.5. The molecule has 22 heavy (non-hydrogen) atoms. The van der Waals surface area contributed by atoms with E-state index in [-0.39, 0.29) is 11.9 Å². The Morgan fingerprint density at radius 1 is 1.05 bits per heavy atom. The van der Waals surface area contributed by atoms with Gasteiger partial charge in [0.25, 0.3) is 0 Å². The molecule has 0 radical (unpaired) electrons. The number of aromatic nitrogens is 2. The summed E-state index contributed by atoms with van der Waals surface area (Å²) in [5.41, 5.74) is 0.640. The number of nitrogens with zero attached hydrogens (tertiary/aromatic N) is 4. The molecule has 116 valence electrons. The van der Waals surface area contributed by atoms with Crippen molar-refractivity contribution in [2.24, 2.45) is 11.8 Å². The third-order valence-electron chi connectivity index (χ3n) is 5.04. The van der Waals surface area contributed by atoms with Gasteiger partial charge < -0.3 is 9.80 Å². The van der Waals surface area contributed by atoms with Gasteiger partial charge in [0, 0.05) is 19.1 Å². The molecule has 2 heterocycles. The van der Waals surface area contributed by atoms with Crippen molar-refractivity contribution in [2.75, 3.05) is 13.1 Å². The van der Waals surface area contributed by atoms with Crippen molar-refractivity contribution in [3.8, 4) is 0 Å². The van der Waals surface area contributed by atoms with Crippen LogP contribution in [-0.2, 0) is 16.1 Å². The number of piperazine rings is 1. The number of carbonyl (C=O) groups is 2. The van der Waals surface area contributed by atoms with Crippen LogP contribution in [0.15, 0.2) is 12.1 Å². The summed E-state index contributed by atoms with van der Waals surface area (Å²) < 4.78 is 0. The lowest BCUT2D eigenvalue weighted by molar-refractivity contribution is -0.158. The second-order valence-electron chi connectivity index (χ2n) is 6.45. The average Bonchev–Trinajstić information content (AvgIpc) is 3.12. The molecule has 1 saturated heterocycles. The van der Waals surface area contributed by atoms with Crippen LogP contribution in [0.3, 0.4) is 0 Å². The Hall–Kier alpha value is -1.69. The highest BCUT2D eigenvalue weighted by molar-refractivity contribution is 6.35. The summed E-state index contributed by atoms with van der Waals surface area (Å²) in [5.74, 6) is 0.814. The molecular weight excluding hydrogens is 304 g/mol. The molecule has 1 aliphatic heterocycles. The Balaban J connectivity index is 1.41. The molecule has 0 spiro atoms. The lowest BCUT2D eigenvalue weighted by Crippen LogP contribution is -2.56. The van der Waals surface area contributed by atoms with Crippen molar-refractivity contribution < 1.29 is 9.59 Å². The highest BCUT2D eigenvalue weighted by Gasteiger charge is 2.49. The van der Waals surface area contributed by atoms with Crippen LogP contribution in [0.25, 0.3) is 0 Å². The van der Waals surface area contributed by atoms with E-state index in [1.807, 2.05) is 0 Å². The largest absolute Gasteiger partial charge is 0.330 e. The molecule has 0 bridgehead atoms. The zero-order valence-corrected chi connectivity index (χ0v) is 12.9. The second kappa shape index (κ2) is 5.19. The van der Waals surface area contributed by atoms with Crippen LogP contribution in [0.4, 0.5) is 0 Å². The van der Waals surface area contributed by atoms with Gasteiger partial charge >= 0.3 is 11.8 Å². The summed E-state index contributed by atoms with van der Waals surface area (Å²) in [6.07, 6.45) is 3.46. The number of rotatable bonds is 3. The van der Waals surface area contributed by atoms with Crippen LogP contribution in [0.2, 0.25) is 5.15 Å². The minimum atomic E-state index is -0.427. The molecule has 6 nitrogen and oxygen atoms in total. The van der Waals surface area contributed by atoms with E-state index in [0.29, 0.717) is 30.5 Å². The third-order valence-corrected chi connectivity index (χ3v) is 5.24. The standard InChI is InChI=1S/C15H17ClN4O2/c16-13-2-1-11(17-18-13)8-19-3-4-20(15(22)14(19)21)12-6-9-5-10(9)7-12/h1-2,9-10,12H,3-8H2/t9-,10+,12?. The summed E-state index contributed by atoms with van der Waals surface area (Å²) in [6, 6.07) is 3.64. The van der Waals surface area contributed by atoms with E-state index in [0.717, 1.165) is 24.7 Å². The summed E-state index contributed by atoms with van der Waals surface area (Å²) in [7, 11) is 0. The molecule has 2 aliphatic carbocycles. The maximum absolute atomic E-state index is 12.4. The molecule has 4 rings (SSSR count). The van der Waals surface area contributed by atoms with E-state index in [4.69, 9.17) is 11.6 Å². The van der Waals surface area contributed by atoms with Gasteiger partial charge in [0.1, 0.15) is 0 Å². The van der Waals surface area contributed by atoms with Crippen LogP contribution in [-0.4, -0.2) is 50.9 Å². The number of carbonyl (C=O) groups excluding carboxylic acids is 2. The van der Waals surface area contributed by atoms with Crippen molar-refractivity contribution in [2.45, 2.75) is 31.8 Å². The van der Waals surface area contributed by atoms with Gasteiger partial charge in [-0.25, -0.2) is 0 Å². The number of hydrogen-bond acceptors (Lipinski definition) is 4. The van der Waals surface area contributed by atoms with Crippen LogP contribution < -0.4 is 0 Å². The van der Waals surface area contributed by atoms with E-state index in [1.54, 1.807) is 21.9 Å². The molecule has 3 atom stereocenters. The summed E-state index contributed by atoms with van der Waals surface area (Å²) in [6.45, 7) is 1.48. The normalized spacial score (nSPS) is 30.7. The van der Waals surface area contributed by atoms with Gasteiger partial charge in [-0.05, 0) is 43.2 Å². The lowest BCUT2D eigenvalue weighted by Gasteiger charge is -2.37. The van der Waals surface area contributed by atoms with Crippen molar-refractivity contribution in [3.63, 3.8) is 0 Å². The van der Waals surface area contributed by atoms with Crippen molar-refractivity contribution in [1.82, 2.24) is 20.0 Å². The fourth-order valence-electron chi connectivity index (χ4n) is 3.75. The number of fused-ring (bicyclic) bond motifs is 1. The zero-order valence-electron chi connectivity index (χ0n) is 12.1. The van der Waals surface area contributed by atoms with Crippen molar-refractivity contribution in [3.05, 3.63) is 23.0 Å². The number of amides is 2. The quantitative estimate of drug-likeness (QED) is 0.782. The third kappa shape index (κ3) is 2.45. The molecule has 1 aromatic heterocycles.